The van der Waals surface area contributed by atoms with Gasteiger partial charge in [0.15, 0.2) is 0 Å². The summed E-state index contributed by atoms with van der Waals surface area (Å²) in [5, 5.41) is 0. The van der Waals surface area contributed by atoms with Crippen molar-refractivity contribution in [2.45, 2.75) is 101 Å². The fourth-order valence-electron chi connectivity index (χ4n) is 1.05. The van der Waals surface area contributed by atoms with Crippen LogP contribution in [-0.2, 0) is 13.3 Å². The quantitative estimate of drug-likeness (QED) is 0.616. The van der Waals surface area contributed by atoms with Crippen LogP contribution < -0.4 is 0 Å². The van der Waals surface area contributed by atoms with Gasteiger partial charge in [0.1, 0.15) is 0 Å². The van der Waals surface area contributed by atoms with Crippen molar-refractivity contribution in [1.29, 1.82) is 0 Å². The van der Waals surface area contributed by atoms with Gasteiger partial charge in [-0.05, 0) is 37.0 Å². The topological polar surface area (TPSA) is 27.7 Å². The average molecular weight is 332 g/mol. The number of hydrogen-bond donors (Lipinski definition) is 0. The minimum atomic E-state index is -1.79. The van der Waals surface area contributed by atoms with E-state index in [9.17, 15) is 0 Å². The highest BCUT2D eigenvalue weighted by Crippen LogP contribution is 2.28. The van der Waals surface area contributed by atoms with Gasteiger partial charge in [0.25, 0.3) is 0 Å². The molecule has 3 atom stereocenters. The maximum atomic E-state index is 6.20. The van der Waals surface area contributed by atoms with Crippen LogP contribution in [-0.4, -0.2) is 27.8 Å². The van der Waals surface area contributed by atoms with Crippen molar-refractivity contribution in [2.75, 3.05) is 0 Å². The van der Waals surface area contributed by atoms with Crippen LogP contribution in [0.4, 0.5) is 0 Å². The molecule has 0 fully saturated rings. The highest BCUT2D eigenvalue weighted by atomic mass is 28.3. The molecule has 0 aromatic heterocycles. The molecule has 0 heterocycles. The van der Waals surface area contributed by atoms with E-state index in [1.54, 1.807) is 0 Å². The standard InChI is InChI=1S/C18H39O3Si/c1-13(16(4,5)6)19-22(20-14(2)17(7,8)9)21-15(3)18(10,11)12/h13-15H,1-12H3. The summed E-state index contributed by atoms with van der Waals surface area (Å²) >= 11 is 0. The second-order valence-corrected chi connectivity index (χ2v) is 10.8. The van der Waals surface area contributed by atoms with Crippen molar-refractivity contribution in [2.24, 2.45) is 16.2 Å². The monoisotopic (exact) mass is 331 g/mol. The van der Waals surface area contributed by atoms with E-state index in [4.69, 9.17) is 13.3 Å². The molecule has 0 aromatic rings. The Morgan fingerprint density at radius 2 is 0.682 bits per heavy atom. The molecule has 0 saturated heterocycles. The van der Waals surface area contributed by atoms with Crippen LogP contribution in [0.25, 0.3) is 0 Å². The molecule has 0 aliphatic rings. The second kappa shape index (κ2) is 7.78. The van der Waals surface area contributed by atoms with Gasteiger partial charge in [0, 0.05) is 0 Å². The Labute approximate surface area is 141 Å². The molecule has 3 nitrogen and oxygen atoms in total. The largest absolute Gasteiger partial charge is 0.578 e. The molecule has 0 bridgehead atoms. The molecule has 0 spiro atoms. The highest BCUT2D eigenvalue weighted by Gasteiger charge is 2.36. The van der Waals surface area contributed by atoms with Crippen molar-refractivity contribution in [3.63, 3.8) is 0 Å². The van der Waals surface area contributed by atoms with E-state index in [0.29, 0.717) is 0 Å². The van der Waals surface area contributed by atoms with Crippen molar-refractivity contribution in [3.05, 3.63) is 0 Å². The van der Waals surface area contributed by atoms with Crippen molar-refractivity contribution >= 4 is 9.53 Å². The average Bonchev–Trinajstić information content (AvgIpc) is 2.24. The third kappa shape index (κ3) is 8.09. The summed E-state index contributed by atoms with van der Waals surface area (Å²) in [5.41, 5.74) is 0.204. The molecule has 0 aromatic carbocycles. The molecule has 3 unspecified atom stereocenters. The zero-order chi connectivity index (χ0) is 17.9. The van der Waals surface area contributed by atoms with Crippen molar-refractivity contribution < 1.29 is 13.3 Å². The minimum absolute atomic E-state index is 0.0680. The van der Waals surface area contributed by atoms with Gasteiger partial charge in [0.05, 0.1) is 18.3 Å². The van der Waals surface area contributed by atoms with Gasteiger partial charge in [-0.15, -0.1) is 0 Å². The van der Waals surface area contributed by atoms with E-state index in [2.05, 4.69) is 83.1 Å². The molecule has 4 heteroatoms. The van der Waals surface area contributed by atoms with E-state index in [-0.39, 0.29) is 34.6 Å². The van der Waals surface area contributed by atoms with Crippen molar-refractivity contribution in [3.8, 4) is 0 Å². The summed E-state index contributed by atoms with van der Waals surface area (Å²) in [7, 11) is -1.79. The summed E-state index contributed by atoms with van der Waals surface area (Å²) in [5.74, 6) is 0. The van der Waals surface area contributed by atoms with E-state index in [1.807, 2.05) is 0 Å². The minimum Gasteiger partial charge on any atom is -0.368 e. The molecule has 133 valence electrons. The molecule has 22 heavy (non-hydrogen) atoms. The Hall–Kier alpha value is 0.0969. The van der Waals surface area contributed by atoms with Gasteiger partial charge in [-0.25, -0.2) is 0 Å². The molecule has 0 amide bonds. The predicted octanol–water partition coefficient (Wildman–Crippen LogP) is 5.32. The van der Waals surface area contributed by atoms with Crippen LogP contribution in [0.3, 0.4) is 0 Å². The first-order valence-corrected chi connectivity index (χ1v) is 9.64. The Bertz CT molecular complexity index is 270. The number of hydrogen-bond acceptors (Lipinski definition) is 3. The third-order valence-corrected chi connectivity index (χ3v) is 6.12. The van der Waals surface area contributed by atoms with Crippen LogP contribution in [0, 0.1) is 16.2 Å². The van der Waals surface area contributed by atoms with Crippen molar-refractivity contribution in [1.82, 2.24) is 0 Å². The number of rotatable bonds is 6. The molecule has 0 saturated carbocycles. The smallest absolute Gasteiger partial charge is 0.368 e. The molecular weight excluding hydrogens is 292 g/mol. The second-order valence-electron chi connectivity index (χ2n) is 9.63. The van der Waals surface area contributed by atoms with Crippen LogP contribution in [0.5, 0.6) is 0 Å². The van der Waals surface area contributed by atoms with E-state index in [1.165, 1.54) is 0 Å². The van der Waals surface area contributed by atoms with Crippen LogP contribution in [0.1, 0.15) is 83.1 Å². The molecule has 1 radical (unpaired) electrons. The molecule has 0 aliphatic heterocycles. The van der Waals surface area contributed by atoms with E-state index < -0.39 is 9.53 Å². The molecular formula is C18H39O3Si. The lowest BCUT2D eigenvalue weighted by atomic mass is 9.91. The van der Waals surface area contributed by atoms with Crippen LogP contribution >= 0.6 is 0 Å². The first kappa shape index (κ1) is 22.1. The maximum absolute atomic E-state index is 6.20. The van der Waals surface area contributed by atoms with E-state index in [0.717, 1.165) is 0 Å². The molecule has 0 rings (SSSR count). The molecule has 0 aliphatic carbocycles. The summed E-state index contributed by atoms with van der Waals surface area (Å²) in [6.45, 7) is 25.9. The summed E-state index contributed by atoms with van der Waals surface area (Å²) in [4.78, 5) is 0. The van der Waals surface area contributed by atoms with Gasteiger partial charge < -0.3 is 13.3 Å². The van der Waals surface area contributed by atoms with E-state index >= 15 is 0 Å². The van der Waals surface area contributed by atoms with Gasteiger partial charge in [-0.3, -0.25) is 0 Å². The fourth-order valence-corrected chi connectivity index (χ4v) is 3.14. The fraction of sp³-hybridized carbons (Fsp3) is 1.00. The lowest BCUT2D eigenvalue weighted by molar-refractivity contribution is -0.0474. The first-order valence-electron chi connectivity index (χ1n) is 8.42. The normalized spacial score (nSPS) is 18.4. The Morgan fingerprint density at radius 3 is 0.818 bits per heavy atom. The van der Waals surface area contributed by atoms with Gasteiger partial charge in [-0.1, -0.05) is 62.3 Å². The highest BCUT2D eigenvalue weighted by molar-refractivity contribution is 6.36. The summed E-state index contributed by atoms with van der Waals surface area (Å²) in [6.07, 6.45) is 0.252. The first-order chi connectivity index (χ1) is 9.55. The zero-order valence-electron chi connectivity index (χ0n) is 17.0. The van der Waals surface area contributed by atoms with Gasteiger partial charge >= 0.3 is 9.53 Å². The zero-order valence-corrected chi connectivity index (χ0v) is 18.0. The van der Waals surface area contributed by atoms with Gasteiger partial charge in [0.2, 0.25) is 0 Å². The molecule has 0 N–H and O–H groups in total. The summed E-state index contributed by atoms with van der Waals surface area (Å²) < 4.78 is 18.6. The predicted molar refractivity (Wildman–Crippen MR) is 95.8 cm³/mol. The van der Waals surface area contributed by atoms with Gasteiger partial charge in [-0.2, -0.15) is 0 Å². The lowest BCUT2D eigenvalue weighted by Crippen LogP contribution is -2.45. The Morgan fingerprint density at radius 1 is 0.500 bits per heavy atom. The Kier molecular flexibility index (Phi) is 7.81. The Balaban J connectivity index is 5.00. The summed E-state index contributed by atoms with van der Waals surface area (Å²) in [6, 6.07) is 0. The van der Waals surface area contributed by atoms with Crippen LogP contribution in [0.15, 0.2) is 0 Å². The lowest BCUT2D eigenvalue weighted by Gasteiger charge is -2.36. The maximum Gasteiger partial charge on any atom is 0.578 e. The SMILES string of the molecule is CC(O[Si](OC(C)C(C)(C)C)OC(C)C(C)(C)C)C(C)(C)C. The van der Waals surface area contributed by atoms with Crippen LogP contribution in [0.2, 0.25) is 0 Å². The third-order valence-electron chi connectivity index (χ3n) is 4.48.